The van der Waals surface area contributed by atoms with Gasteiger partial charge in [-0.3, -0.25) is 9.78 Å². The number of rotatable bonds is 6. The predicted octanol–water partition coefficient (Wildman–Crippen LogP) is 3.25. The molecule has 1 atom stereocenters. The summed E-state index contributed by atoms with van der Waals surface area (Å²) >= 11 is 0. The number of aliphatic hydroxyl groups excluding tert-OH is 1. The summed E-state index contributed by atoms with van der Waals surface area (Å²) in [6.07, 6.45) is 3.07. The highest BCUT2D eigenvalue weighted by Gasteiger charge is 2.27. The Morgan fingerprint density at radius 2 is 2.09 bits per heavy atom. The SMILES string of the molecule is CC(C)CC(CO)NC(=O)c1cc(C2CC2)nc2ccccc12. The smallest absolute Gasteiger partial charge is 0.252 e. The van der Waals surface area contributed by atoms with Gasteiger partial charge in [-0.15, -0.1) is 0 Å². The maximum absolute atomic E-state index is 12.8. The molecule has 1 aliphatic rings. The highest BCUT2D eigenvalue weighted by molar-refractivity contribution is 6.06. The first-order chi connectivity index (χ1) is 11.1. The summed E-state index contributed by atoms with van der Waals surface area (Å²) in [5.41, 5.74) is 2.55. The first-order valence-corrected chi connectivity index (χ1v) is 8.40. The van der Waals surface area contributed by atoms with E-state index >= 15 is 0 Å². The van der Waals surface area contributed by atoms with Crippen LogP contribution in [0.25, 0.3) is 10.9 Å². The number of nitrogens with one attached hydrogen (secondary N) is 1. The molecule has 0 spiro atoms. The molecule has 0 aliphatic heterocycles. The van der Waals surface area contributed by atoms with Gasteiger partial charge >= 0.3 is 0 Å². The van der Waals surface area contributed by atoms with Crippen molar-refractivity contribution in [1.29, 1.82) is 0 Å². The Hall–Kier alpha value is -1.94. The van der Waals surface area contributed by atoms with E-state index in [1.165, 1.54) is 0 Å². The van der Waals surface area contributed by atoms with E-state index in [4.69, 9.17) is 4.98 Å². The van der Waals surface area contributed by atoms with Crippen LogP contribution in [0.1, 0.15) is 55.1 Å². The average Bonchev–Trinajstić information content (AvgIpc) is 3.37. The number of pyridine rings is 1. The standard InChI is InChI=1S/C19H24N2O2/c1-12(2)9-14(11-22)20-19(23)16-10-18(13-7-8-13)21-17-6-4-3-5-15(16)17/h3-6,10,12-14,22H,7-9,11H2,1-2H3,(H,20,23). The quantitative estimate of drug-likeness (QED) is 0.860. The minimum Gasteiger partial charge on any atom is -0.394 e. The van der Waals surface area contributed by atoms with Gasteiger partial charge in [-0.05, 0) is 37.3 Å². The summed E-state index contributed by atoms with van der Waals surface area (Å²) < 4.78 is 0. The molecule has 1 amide bonds. The first-order valence-electron chi connectivity index (χ1n) is 8.40. The number of carbonyl (C=O) groups is 1. The van der Waals surface area contributed by atoms with Crippen molar-refractivity contribution in [2.75, 3.05) is 6.61 Å². The van der Waals surface area contributed by atoms with Gasteiger partial charge in [0.25, 0.3) is 5.91 Å². The largest absolute Gasteiger partial charge is 0.394 e. The fourth-order valence-corrected chi connectivity index (χ4v) is 2.98. The number of fused-ring (bicyclic) bond motifs is 1. The summed E-state index contributed by atoms with van der Waals surface area (Å²) in [5, 5.41) is 13.4. The van der Waals surface area contributed by atoms with Gasteiger partial charge in [0.15, 0.2) is 0 Å². The first kappa shape index (κ1) is 15.9. The number of nitrogens with zero attached hydrogens (tertiary/aromatic N) is 1. The monoisotopic (exact) mass is 312 g/mol. The lowest BCUT2D eigenvalue weighted by atomic mass is 10.0. The Bertz CT molecular complexity index is 708. The number of hydrogen-bond donors (Lipinski definition) is 2. The second-order valence-corrected chi connectivity index (χ2v) is 6.87. The van der Waals surface area contributed by atoms with Crippen molar-refractivity contribution in [3.05, 3.63) is 41.6 Å². The van der Waals surface area contributed by atoms with Crippen LogP contribution < -0.4 is 5.32 Å². The van der Waals surface area contributed by atoms with Gasteiger partial charge in [0, 0.05) is 17.0 Å². The molecule has 2 N–H and O–H groups in total. The Morgan fingerprint density at radius 3 is 2.74 bits per heavy atom. The van der Waals surface area contributed by atoms with Crippen molar-refractivity contribution in [2.24, 2.45) is 5.92 Å². The summed E-state index contributed by atoms with van der Waals surface area (Å²) in [6, 6.07) is 9.48. The van der Waals surface area contributed by atoms with E-state index in [0.717, 1.165) is 35.9 Å². The maximum Gasteiger partial charge on any atom is 0.252 e. The number of aromatic nitrogens is 1. The third-order valence-electron chi connectivity index (χ3n) is 4.29. The molecule has 1 aliphatic carbocycles. The van der Waals surface area contributed by atoms with E-state index in [-0.39, 0.29) is 18.6 Å². The van der Waals surface area contributed by atoms with Crippen molar-refractivity contribution in [1.82, 2.24) is 10.3 Å². The lowest BCUT2D eigenvalue weighted by Gasteiger charge is -2.19. The van der Waals surface area contributed by atoms with Crippen molar-refractivity contribution < 1.29 is 9.90 Å². The summed E-state index contributed by atoms with van der Waals surface area (Å²) in [5.74, 6) is 0.796. The Labute approximate surface area is 136 Å². The fraction of sp³-hybridized carbons (Fsp3) is 0.474. The van der Waals surface area contributed by atoms with Crippen molar-refractivity contribution >= 4 is 16.8 Å². The van der Waals surface area contributed by atoms with E-state index in [1.54, 1.807) is 0 Å². The van der Waals surface area contributed by atoms with Gasteiger partial charge in [-0.2, -0.15) is 0 Å². The minimum absolute atomic E-state index is 0.0393. The topological polar surface area (TPSA) is 62.2 Å². The van der Waals surface area contributed by atoms with Gasteiger partial charge in [0.05, 0.1) is 23.7 Å². The molecular weight excluding hydrogens is 288 g/mol. The molecule has 1 aromatic heterocycles. The van der Waals surface area contributed by atoms with Crippen LogP contribution in [0.3, 0.4) is 0 Å². The Kier molecular flexibility index (Phi) is 4.62. The molecule has 23 heavy (non-hydrogen) atoms. The molecule has 4 heteroatoms. The molecule has 4 nitrogen and oxygen atoms in total. The molecule has 3 rings (SSSR count). The van der Waals surface area contributed by atoms with Crippen molar-refractivity contribution in [2.45, 2.75) is 45.1 Å². The van der Waals surface area contributed by atoms with E-state index < -0.39 is 0 Å². The number of benzene rings is 1. The number of aliphatic hydroxyl groups is 1. The Morgan fingerprint density at radius 1 is 1.35 bits per heavy atom. The number of amides is 1. The highest BCUT2D eigenvalue weighted by atomic mass is 16.3. The zero-order chi connectivity index (χ0) is 16.4. The van der Waals surface area contributed by atoms with E-state index in [2.05, 4.69) is 19.2 Å². The lowest BCUT2D eigenvalue weighted by Crippen LogP contribution is -2.38. The van der Waals surface area contributed by atoms with Gasteiger partial charge in [0.2, 0.25) is 0 Å². The number of carbonyl (C=O) groups excluding carboxylic acids is 1. The fourth-order valence-electron chi connectivity index (χ4n) is 2.98. The van der Waals surface area contributed by atoms with Gasteiger partial charge < -0.3 is 10.4 Å². The molecule has 0 radical (unpaired) electrons. The minimum atomic E-state index is -0.209. The summed E-state index contributed by atoms with van der Waals surface area (Å²) in [4.78, 5) is 17.5. The molecule has 122 valence electrons. The van der Waals surface area contributed by atoms with Crippen LogP contribution in [0.2, 0.25) is 0 Å². The van der Waals surface area contributed by atoms with Crippen LogP contribution in [0.4, 0.5) is 0 Å². The Balaban J connectivity index is 1.92. The number of hydrogen-bond acceptors (Lipinski definition) is 3. The van der Waals surface area contributed by atoms with Gasteiger partial charge in [-0.25, -0.2) is 0 Å². The molecule has 0 saturated heterocycles. The zero-order valence-corrected chi connectivity index (χ0v) is 13.7. The van der Waals surface area contributed by atoms with Crippen LogP contribution in [-0.4, -0.2) is 28.6 Å². The van der Waals surface area contributed by atoms with Gasteiger partial charge in [0.1, 0.15) is 0 Å². The highest BCUT2D eigenvalue weighted by Crippen LogP contribution is 2.40. The molecule has 1 unspecified atom stereocenters. The van der Waals surface area contributed by atoms with Gasteiger partial charge in [-0.1, -0.05) is 32.0 Å². The summed E-state index contributed by atoms with van der Waals surface area (Å²) in [7, 11) is 0. The zero-order valence-electron chi connectivity index (χ0n) is 13.7. The predicted molar refractivity (Wildman–Crippen MR) is 91.5 cm³/mol. The summed E-state index contributed by atoms with van der Waals surface area (Å²) in [6.45, 7) is 4.13. The molecule has 1 aromatic carbocycles. The van der Waals surface area contributed by atoms with Crippen molar-refractivity contribution in [3.8, 4) is 0 Å². The molecule has 1 fully saturated rings. The third-order valence-corrected chi connectivity index (χ3v) is 4.29. The number of para-hydroxylation sites is 1. The van der Waals surface area contributed by atoms with Crippen LogP contribution >= 0.6 is 0 Å². The molecule has 1 saturated carbocycles. The van der Waals surface area contributed by atoms with E-state index in [9.17, 15) is 9.90 Å². The van der Waals surface area contributed by atoms with Crippen LogP contribution in [0, 0.1) is 5.92 Å². The van der Waals surface area contributed by atoms with Crippen molar-refractivity contribution in [3.63, 3.8) is 0 Å². The normalized spacial score (nSPS) is 15.8. The molecule has 0 bridgehead atoms. The van der Waals surface area contributed by atoms with E-state index in [0.29, 0.717) is 17.4 Å². The van der Waals surface area contributed by atoms with E-state index in [1.807, 2.05) is 30.3 Å². The second kappa shape index (κ2) is 6.67. The van der Waals surface area contributed by atoms with Crippen LogP contribution in [0.5, 0.6) is 0 Å². The average molecular weight is 312 g/mol. The van der Waals surface area contributed by atoms with Crippen LogP contribution in [-0.2, 0) is 0 Å². The molecule has 1 heterocycles. The third kappa shape index (κ3) is 3.70. The lowest BCUT2D eigenvalue weighted by molar-refractivity contribution is 0.0910. The molecular formula is C19H24N2O2. The maximum atomic E-state index is 12.8. The molecule has 2 aromatic rings. The van der Waals surface area contributed by atoms with Crippen LogP contribution in [0.15, 0.2) is 30.3 Å². The second-order valence-electron chi connectivity index (χ2n) is 6.87.